The lowest BCUT2D eigenvalue weighted by atomic mass is 10.1. The topological polar surface area (TPSA) is 49.0 Å². The first-order valence-electron chi connectivity index (χ1n) is 7.09. The fourth-order valence-electron chi connectivity index (χ4n) is 2.97. The van der Waals surface area contributed by atoms with Crippen LogP contribution in [0.4, 0.5) is 0 Å². The maximum absolute atomic E-state index is 12.7. The van der Waals surface area contributed by atoms with Crippen LogP contribution >= 0.6 is 0 Å². The smallest absolute Gasteiger partial charge is 0.254 e. The normalized spacial score (nSPS) is 22.2. The first kappa shape index (κ1) is 12.9. The van der Waals surface area contributed by atoms with Gasteiger partial charge in [0.25, 0.3) is 5.91 Å². The molecule has 1 N–H and O–H groups in total. The minimum Gasteiger partial charge on any atom is -0.345 e. The fourth-order valence-corrected chi connectivity index (χ4v) is 2.97. The van der Waals surface area contributed by atoms with E-state index in [1.165, 1.54) is 0 Å². The van der Waals surface area contributed by atoms with Crippen molar-refractivity contribution in [3.8, 4) is 11.4 Å². The Morgan fingerprint density at radius 2 is 2.05 bits per heavy atom. The fraction of sp³-hybridized carbons (Fsp3) is 0.375. The van der Waals surface area contributed by atoms with E-state index in [4.69, 9.17) is 0 Å². The Morgan fingerprint density at radius 1 is 1.30 bits per heavy atom. The van der Waals surface area contributed by atoms with Crippen molar-refractivity contribution in [2.45, 2.75) is 38.8 Å². The summed E-state index contributed by atoms with van der Waals surface area (Å²) in [5, 5.41) is 0. The van der Waals surface area contributed by atoms with Crippen LogP contribution in [0.5, 0.6) is 0 Å². The molecule has 3 rings (SSSR count). The van der Waals surface area contributed by atoms with Gasteiger partial charge in [0.05, 0.1) is 0 Å². The summed E-state index contributed by atoms with van der Waals surface area (Å²) in [6.45, 7) is 4.25. The minimum atomic E-state index is 0.121. The molecule has 1 aliphatic heterocycles. The number of nitrogens with zero attached hydrogens (tertiary/aromatic N) is 2. The number of likely N-dealkylation sites (tertiary alicyclic amines) is 1. The van der Waals surface area contributed by atoms with Crippen molar-refractivity contribution in [1.29, 1.82) is 0 Å². The predicted molar refractivity (Wildman–Crippen MR) is 78.4 cm³/mol. The molecule has 1 saturated heterocycles. The monoisotopic (exact) mass is 269 g/mol. The van der Waals surface area contributed by atoms with Gasteiger partial charge in [0.1, 0.15) is 5.82 Å². The summed E-state index contributed by atoms with van der Waals surface area (Å²) in [5.74, 6) is 0.915. The van der Waals surface area contributed by atoms with E-state index in [9.17, 15) is 4.79 Å². The highest BCUT2D eigenvalue weighted by molar-refractivity contribution is 5.95. The van der Waals surface area contributed by atoms with E-state index < -0.39 is 0 Å². The van der Waals surface area contributed by atoms with Crippen LogP contribution in [0.15, 0.2) is 36.7 Å². The molecular weight excluding hydrogens is 250 g/mol. The molecular formula is C16H19N3O. The number of H-pyrrole nitrogens is 1. The van der Waals surface area contributed by atoms with Gasteiger partial charge in [-0.15, -0.1) is 0 Å². The van der Waals surface area contributed by atoms with Crippen molar-refractivity contribution < 1.29 is 4.79 Å². The molecule has 1 fully saturated rings. The van der Waals surface area contributed by atoms with Gasteiger partial charge in [0, 0.05) is 35.6 Å². The summed E-state index contributed by atoms with van der Waals surface area (Å²) < 4.78 is 0. The van der Waals surface area contributed by atoms with Gasteiger partial charge in [-0.05, 0) is 38.8 Å². The van der Waals surface area contributed by atoms with E-state index in [1.54, 1.807) is 12.4 Å². The van der Waals surface area contributed by atoms with Crippen molar-refractivity contribution in [2.24, 2.45) is 0 Å². The average Bonchev–Trinajstić information content (AvgIpc) is 3.09. The van der Waals surface area contributed by atoms with Crippen LogP contribution in [0, 0.1) is 0 Å². The van der Waals surface area contributed by atoms with Gasteiger partial charge >= 0.3 is 0 Å². The van der Waals surface area contributed by atoms with Crippen molar-refractivity contribution in [1.82, 2.24) is 14.9 Å². The Bertz CT molecular complexity index is 596. The third-order valence-electron chi connectivity index (χ3n) is 4.07. The van der Waals surface area contributed by atoms with Gasteiger partial charge in [-0.3, -0.25) is 4.79 Å². The zero-order chi connectivity index (χ0) is 14.1. The average molecular weight is 269 g/mol. The van der Waals surface area contributed by atoms with Crippen LogP contribution in [-0.2, 0) is 0 Å². The molecule has 0 radical (unpaired) electrons. The van der Waals surface area contributed by atoms with Crippen molar-refractivity contribution >= 4 is 5.91 Å². The molecule has 20 heavy (non-hydrogen) atoms. The summed E-state index contributed by atoms with van der Waals surface area (Å²) in [6, 6.07) is 8.32. The summed E-state index contributed by atoms with van der Waals surface area (Å²) in [6.07, 6.45) is 5.68. The van der Waals surface area contributed by atoms with Crippen LogP contribution in [0.2, 0.25) is 0 Å². The zero-order valence-corrected chi connectivity index (χ0v) is 11.8. The molecule has 0 saturated carbocycles. The molecule has 1 aromatic carbocycles. The lowest BCUT2D eigenvalue weighted by molar-refractivity contribution is 0.0693. The van der Waals surface area contributed by atoms with Gasteiger partial charge in [-0.25, -0.2) is 4.98 Å². The number of imidazole rings is 1. The number of hydrogen-bond donors (Lipinski definition) is 1. The Hall–Kier alpha value is -2.10. The van der Waals surface area contributed by atoms with Gasteiger partial charge in [0.15, 0.2) is 0 Å². The zero-order valence-electron chi connectivity index (χ0n) is 11.8. The molecule has 0 bridgehead atoms. The lowest BCUT2D eigenvalue weighted by Gasteiger charge is -2.26. The van der Waals surface area contributed by atoms with E-state index in [-0.39, 0.29) is 5.91 Å². The van der Waals surface area contributed by atoms with Crippen molar-refractivity contribution in [2.75, 3.05) is 0 Å². The summed E-state index contributed by atoms with van der Waals surface area (Å²) >= 11 is 0. The number of nitrogens with one attached hydrogen (secondary N) is 1. The summed E-state index contributed by atoms with van der Waals surface area (Å²) in [7, 11) is 0. The highest BCUT2D eigenvalue weighted by atomic mass is 16.2. The number of benzene rings is 1. The standard InChI is InChI=1S/C16H19N3O/c1-11-6-7-12(2)19(11)16(20)14-5-3-4-13(10-14)15-17-8-9-18-15/h3-5,8-12H,6-7H2,1-2H3,(H,17,18)/t11-,12+. The Kier molecular flexibility index (Phi) is 3.30. The van der Waals surface area contributed by atoms with Gasteiger partial charge < -0.3 is 9.88 Å². The molecule has 2 aromatic rings. The number of carbonyl (C=O) groups excluding carboxylic acids is 1. The molecule has 1 aromatic heterocycles. The summed E-state index contributed by atoms with van der Waals surface area (Å²) in [4.78, 5) is 22.0. The second-order valence-electron chi connectivity index (χ2n) is 5.51. The molecule has 0 aliphatic carbocycles. The third kappa shape index (κ3) is 2.22. The van der Waals surface area contributed by atoms with E-state index in [1.807, 2.05) is 29.2 Å². The molecule has 2 heterocycles. The number of carbonyl (C=O) groups is 1. The van der Waals surface area contributed by atoms with Crippen LogP contribution < -0.4 is 0 Å². The number of aromatic nitrogens is 2. The number of hydrogen-bond acceptors (Lipinski definition) is 2. The predicted octanol–water partition coefficient (Wildman–Crippen LogP) is 3.09. The second kappa shape index (κ2) is 5.12. The first-order valence-corrected chi connectivity index (χ1v) is 7.09. The van der Waals surface area contributed by atoms with Crippen LogP contribution in [-0.4, -0.2) is 32.9 Å². The SMILES string of the molecule is C[C@@H]1CC[C@H](C)N1C(=O)c1cccc(-c2ncc[nH]2)c1. The van der Waals surface area contributed by atoms with E-state index >= 15 is 0 Å². The van der Waals surface area contributed by atoms with Gasteiger partial charge in [-0.1, -0.05) is 12.1 Å². The molecule has 1 aliphatic rings. The van der Waals surface area contributed by atoms with E-state index in [0.717, 1.165) is 29.8 Å². The third-order valence-corrected chi connectivity index (χ3v) is 4.07. The minimum absolute atomic E-state index is 0.121. The quantitative estimate of drug-likeness (QED) is 0.910. The Balaban J connectivity index is 1.91. The van der Waals surface area contributed by atoms with Crippen LogP contribution in [0.1, 0.15) is 37.0 Å². The molecule has 4 heteroatoms. The van der Waals surface area contributed by atoms with Crippen molar-refractivity contribution in [3.05, 3.63) is 42.2 Å². The number of rotatable bonds is 2. The molecule has 0 unspecified atom stereocenters. The molecule has 2 atom stereocenters. The van der Waals surface area contributed by atoms with Crippen molar-refractivity contribution in [3.63, 3.8) is 0 Å². The number of aromatic amines is 1. The van der Waals surface area contributed by atoms with Crippen LogP contribution in [0.3, 0.4) is 0 Å². The highest BCUT2D eigenvalue weighted by Gasteiger charge is 2.31. The second-order valence-corrected chi connectivity index (χ2v) is 5.51. The summed E-state index contributed by atoms with van der Waals surface area (Å²) in [5.41, 5.74) is 1.68. The lowest BCUT2D eigenvalue weighted by Crippen LogP contribution is -2.38. The Labute approximate surface area is 118 Å². The van der Waals surface area contributed by atoms with Gasteiger partial charge in [-0.2, -0.15) is 0 Å². The molecule has 0 spiro atoms. The molecule has 1 amide bonds. The molecule has 104 valence electrons. The van der Waals surface area contributed by atoms with E-state index in [0.29, 0.717) is 12.1 Å². The Morgan fingerprint density at radius 3 is 2.70 bits per heavy atom. The molecule has 4 nitrogen and oxygen atoms in total. The first-order chi connectivity index (χ1) is 9.66. The maximum atomic E-state index is 12.7. The largest absolute Gasteiger partial charge is 0.345 e. The van der Waals surface area contributed by atoms with E-state index in [2.05, 4.69) is 23.8 Å². The van der Waals surface area contributed by atoms with Gasteiger partial charge in [0.2, 0.25) is 0 Å². The van der Waals surface area contributed by atoms with Crippen LogP contribution in [0.25, 0.3) is 11.4 Å². The maximum Gasteiger partial charge on any atom is 0.254 e. The number of amides is 1. The highest BCUT2D eigenvalue weighted by Crippen LogP contribution is 2.26.